The molecule has 6 heteroatoms. The molecule has 1 N–H and O–H groups in total. The summed E-state index contributed by atoms with van der Waals surface area (Å²) in [4.78, 5) is 43.1. The highest BCUT2D eigenvalue weighted by atomic mass is 16.3. The summed E-state index contributed by atoms with van der Waals surface area (Å²) in [6, 6.07) is 2.20. The van der Waals surface area contributed by atoms with E-state index in [0.717, 1.165) is 56.9 Å². The lowest BCUT2D eigenvalue weighted by molar-refractivity contribution is -0.173. The van der Waals surface area contributed by atoms with Gasteiger partial charge in [0.2, 0.25) is 5.91 Å². The molecule has 234 valence electrons. The molecular formula is C37H52N2O4. The van der Waals surface area contributed by atoms with E-state index in [4.69, 9.17) is 0 Å². The maximum absolute atomic E-state index is 14.7. The van der Waals surface area contributed by atoms with E-state index in [1.54, 1.807) is 0 Å². The van der Waals surface area contributed by atoms with E-state index in [1.807, 2.05) is 30.9 Å². The van der Waals surface area contributed by atoms with Gasteiger partial charge in [0.05, 0.1) is 11.7 Å². The number of carbonyl (C=O) groups excluding carboxylic acids is 3. The zero-order valence-corrected chi connectivity index (χ0v) is 27.5. The normalized spacial score (nSPS) is 44.7. The van der Waals surface area contributed by atoms with Crippen LogP contribution in [0.15, 0.2) is 23.3 Å². The molecule has 1 amide bonds. The van der Waals surface area contributed by atoms with E-state index in [2.05, 4.69) is 40.7 Å². The average Bonchev–Trinajstić information content (AvgIpc) is 3.37. The van der Waals surface area contributed by atoms with Crippen LogP contribution >= 0.6 is 0 Å². The van der Waals surface area contributed by atoms with Crippen molar-refractivity contribution in [1.82, 2.24) is 4.90 Å². The number of hydrogen-bond acceptors (Lipinski definition) is 5. The maximum atomic E-state index is 14.7. The maximum Gasteiger partial charge on any atom is 0.222 e. The molecule has 0 aromatic carbocycles. The molecule has 3 saturated carbocycles. The van der Waals surface area contributed by atoms with Crippen LogP contribution < -0.4 is 0 Å². The Morgan fingerprint density at radius 2 is 1.72 bits per heavy atom. The third-order valence-corrected chi connectivity index (χ3v) is 14.4. The van der Waals surface area contributed by atoms with E-state index in [0.29, 0.717) is 25.9 Å². The van der Waals surface area contributed by atoms with Gasteiger partial charge in [-0.3, -0.25) is 14.4 Å². The molecule has 0 bridgehead atoms. The van der Waals surface area contributed by atoms with Crippen molar-refractivity contribution in [3.05, 3.63) is 23.3 Å². The lowest BCUT2D eigenvalue weighted by atomic mass is 9.34. The largest absolute Gasteiger partial charge is 0.391 e. The Bertz CT molecular complexity index is 1370. The second-order valence-electron chi connectivity index (χ2n) is 17.4. The number of nitriles is 1. The molecule has 0 spiro atoms. The number of β-amino-alcohol motifs (C(OH)–C–C–N with tert-alkyl or cyclic N) is 1. The summed E-state index contributed by atoms with van der Waals surface area (Å²) in [5.41, 5.74) is -0.156. The number of ketones is 2. The second kappa shape index (κ2) is 9.62. The molecule has 0 aromatic heterocycles. The Labute approximate surface area is 258 Å². The minimum atomic E-state index is -0.662. The molecule has 6 aliphatic rings. The number of hydrogen-bond donors (Lipinski definition) is 1. The summed E-state index contributed by atoms with van der Waals surface area (Å²) < 4.78 is 0. The number of aliphatic hydroxyl groups excluding tert-OH is 1. The molecule has 43 heavy (non-hydrogen) atoms. The summed E-state index contributed by atoms with van der Waals surface area (Å²) in [7, 11) is 0. The zero-order valence-electron chi connectivity index (χ0n) is 27.5. The fourth-order valence-corrected chi connectivity index (χ4v) is 11.7. The van der Waals surface area contributed by atoms with E-state index >= 15 is 0 Å². The number of likely N-dealkylation sites (tertiary alicyclic amines) is 1. The molecule has 6 rings (SSSR count). The Morgan fingerprint density at radius 1 is 1.02 bits per heavy atom. The molecule has 6 nitrogen and oxygen atoms in total. The number of nitrogens with zero attached hydrogens (tertiary/aromatic N) is 2. The smallest absolute Gasteiger partial charge is 0.222 e. The Kier molecular flexibility index (Phi) is 6.88. The minimum Gasteiger partial charge on any atom is -0.391 e. The van der Waals surface area contributed by atoms with E-state index < -0.39 is 16.9 Å². The van der Waals surface area contributed by atoms with Gasteiger partial charge in [0.15, 0.2) is 11.6 Å². The van der Waals surface area contributed by atoms with E-state index in [1.165, 1.54) is 0 Å². The minimum absolute atomic E-state index is 0.0285. The summed E-state index contributed by atoms with van der Waals surface area (Å²) in [5.74, 6) is 0.457. The topological polar surface area (TPSA) is 98.5 Å². The monoisotopic (exact) mass is 588 g/mol. The van der Waals surface area contributed by atoms with E-state index in [-0.39, 0.29) is 62.5 Å². The van der Waals surface area contributed by atoms with E-state index in [9.17, 15) is 24.8 Å². The predicted molar refractivity (Wildman–Crippen MR) is 165 cm³/mol. The number of aliphatic hydroxyl groups is 1. The van der Waals surface area contributed by atoms with Crippen molar-refractivity contribution in [1.29, 1.82) is 5.26 Å². The quantitative estimate of drug-likeness (QED) is 0.402. The van der Waals surface area contributed by atoms with Gasteiger partial charge >= 0.3 is 0 Å². The molecule has 1 saturated heterocycles. The first kappa shape index (κ1) is 30.8. The molecule has 0 aromatic rings. The fraction of sp³-hybridized carbons (Fsp3) is 0.784. The van der Waals surface area contributed by atoms with Gasteiger partial charge in [0.1, 0.15) is 6.07 Å². The van der Waals surface area contributed by atoms with Gasteiger partial charge < -0.3 is 10.0 Å². The van der Waals surface area contributed by atoms with Gasteiger partial charge in [-0.05, 0) is 97.4 Å². The van der Waals surface area contributed by atoms with Gasteiger partial charge in [-0.15, -0.1) is 0 Å². The molecule has 0 radical (unpaired) electrons. The molecule has 4 fully saturated rings. The van der Waals surface area contributed by atoms with Crippen molar-refractivity contribution in [2.75, 3.05) is 13.1 Å². The first-order valence-electron chi connectivity index (χ1n) is 16.8. The SMILES string of the molecule is CC1(C)CC[C@]2(CCC(=O)N3CC[C@H](O)C3)CC[C@]3(C)[C@@H](C(=O)C=C4[C@@]5(C)C=C(C#N)C(=O)C(C)(C)[C@@H]5CC[C@]43C)C2C1. The number of fused-ring (bicyclic) bond motifs is 7. The van der Waals surface area contributed by atoms with Gasteiger partial charge in [0.25, 0.3) is 0 Å². The highest BCUT2D eigenvalue weighted by molar-refractivity contribution is 6.04. The molecule has 1 aliphatic heterocycles. The highest BCUT2D eigenvalue weighted by Crippen LogP contribution is 2.75. The van der Waals surface area contributed by atoms with Gasteiger partial charge in [-0.25, -0.2) is 0 Å². The molecular weight excluding hydrogens is 536 g/mol. The summed E-state index contributed by atoms with van der Waals surface area (Å²) in [6.07, 6.45) is 12.4. The van der Waals surface area contributed by atoms with Crippen molar-refractivity contribution in [3.63, 3.8) is 0 Å². The highest BCUT2D eigenvalue weighted by Gasteiger charge is 2.69. The lowest BCUT2D eigenvalue weighted by Gasteiger charge is -2.69. The van der Waals surface area contributed by atoms with Crippen LogP contribution in [0.25, 0.3) is 0 Å². The predicted octanol–water partition coefficient (Wildman–Crippen LogP) is 6.58. The van der Waals surface area contributed by atoms with Crippen LogP contribution in [0.5, 0.6) is 0 Å². The third kappa shape index (κ3) is 4.23. The van der Waals surface area contributed by atoms with Crippen molar-refractivity contribution < 1.29 is 19.5 Å². The van der Waals surface area contributed by atoms with Crippen LogP contribution in [0.4, 0.5) is 0 Å². The van der Waals surface area contributed by atoms with Crippen molar-refractivity contribution in [2.45, 2.75) is 119 Å². The number of rotatable bonds is 3. The van der Waals surface area contributed by atoms with Crippen LogP contribution in [0.1, 0.15) is 113 Å². The summed E-state index contributed by atoms with van der Waals surface area (Å²) >= 11 is 0. The fourth-order valence-electron chi connectivity index (χ4n) is 11.7. The molecule has 5 aliphatic carbocycles. The second-order valence-corrected chi connectivity index (χ2v) is 17.4. The first-order chi connectivity index (χ1) is 19.9. The standard InChI is InChI=1S/C37H52N2O4/c1-32(2)13-15-37(12-9-29(42)39-17-10-24(40)22-39)16-14-36(7)30(25(37)20-32)26(41)18-28-34(5)19-23(21-38)31(43)33(3,4)27(34)8-11-35(28,36)6/h18-19,24-25,27,30,40H,8-17,20,22H2,1-7H3/t24-,25?,27-,30+,34-,35+,36+,37+/m0/s1. The van der Waals surface area contributed by atoms with Gasteiger partial charge in [0, 0.05) is 36.3 Å². The Balaban J connectivity index is 1.40. The molecule has 1 heterocycles. The van der Waals surface area contributed by atoms with Crippen LogP contribution in [0.3, 0.4) is 0 Å². The van der Waals surface area contributed by atoms with Gasteiger partial charge in [-0.2, -0.15) is 5.26 Å². The summed E-state index contributed by atoms with van der Waals surface area (Å²) in [6.45, 7) is 16.7. The van der Waals surface area contributed by atoms with Crippen LogP contribution in [0.2, 0.25) is 0 Å². The van der Waals surface area contributed by atoms with Crippen molar-refractivity contribution in [2.24, 2.45) is 50.2 Å². The summed E-state index contributed by atoms with van der Waals surface area (Å²) in [5, 5.41) is 20.0. The average molecular weight is 589 g/mol. The van der Waals surface area contributed by atoms with Crippen LogP contribution in [0, 0.1) is 61.6 Å². The Hall–Kier alpha value is -2.26. The number of Topliss-reactive ketones (excluding diaryl/α,β-unsaturated/α-hetero) is 1. The lowest BCUT2D eigenvalue weighted by Crippen LogP contribution is -2.64. The molecule has 1 unspecified atom stereocenters. The zero-order chi connectivity index (χ0) is 31.4. The third-order valence-electron chi connectivity index (χ3n) is 14.4. The van der Waals surface area contributed by atoms with Crippen molar-refractivity contribution in [3.8, 4) is 6.07 Å². The number of carbonyl (C=O) groups is 3. The number of allylic oxidation sites excluding steroid dienone is 4. The molecule has 8 atom stereocenters. The first-order valence-corrected chi connectivity index (χ1v) is 16.8. The van der Waals surface area contributed by atoms with Gasteiger partial charge in [-0.1, -0.05) is 60.1 Å². The van der Waals surface area contributed by atoms with Crippen LogP contribution in [-0.2, 0) is 14.4 Å². The van der Waals surface area contributed by atoms with Crippen molar-refractivity contribution >= 4 is 17.5 Å². The van der Waals surface area contributed by atoms with Crippen LogP contribution in [-0.4, -0.2) is 46.7 Å². The number of amides is 1. The Morgan fingerprint density at radius 3 is 2.37 bits per heavy atom.